The third-order valence-electron chi connectivity index (χ3n) is 3.00. The second-order valence-electron chi connectivity index (χ2n) is 4.77. The van der Waals surface area contributed by atoms with E-state index in [1.807, 2.05) is 6.20 Å². The molecule has 1 aliphatic carbocycles. The van der Waals surface area contributed by atoms with Crippen LogP contribution in [-0.2, 0) is 6.54 Å². The van der Waals surface area contributed by atoms with Gasteiger partial charge in [0.1, 0.15) is 10.1 Å². The molecule has 0 bridgehead atoms. The van der Waals surface area contributed by atoms with E-state index in [1.54, 1.807) is 30.4 Å². The van der Waals surface area contributed by atoms with Crippen LogP contribution in [0.4, 0.5) is 0 Å². The molecule has 0 radical (unpaired) electrons. The van der Waals surface area contributed by atoms with Crippen molar-refractivity contribution in [1.82, 2.24) is 20.3 Å². The van der Waals surface area contributed by atoms with E-state index in [0.717, 1.165) is 22.6 Å². The first kappa shape index (κ1) is 12.6. The van der Waals surface area contributed by atoms with Gasteiger partial charge >= 0.3 is 0 Å². The fraction of sp³-hybridized carbons (Fsp3) is 0.357. The molecule has 1 fully saturated rings. The lowest BCUT2D eigenvalue weighted by Crippen LogP contribution is -2.15. The van der Waals surface area contributed by atoms with Crippen LogP contribution >= 0.6 is 11.8 Å². The Kier molecular flexibility index (Phi) is 3.75. The summed E-state index contributed by atoms with van der Waals surface area (Å²) in [6.45, 7) is 3.00. The van der Waals surface area contributed by atoms with Crippen molar-refractivity contribution in [1.29, 1.82) is 0 Å². The van der Waals surface area contributed by atoms with Crippen molar-refractivity contribution in [2.75, 3.05) is 0 Å². The van der Waals surface area contributed by atoms with E-state index < -0.39 is 0 Å². The van der Waals surface area contributed by atoms with Crippen LogP contribution in [0.1, 0.15) is 24.0 Å². The summed E-state index contributed by atoms with van der Waals surface area (Å²) in [7, 11) is 0. The predicted molar refractivity (Wildman–Crippen MR) is 75.0 cm³/mol. The summed E-state index contributed by atoms with van der Waals surface area (Å²) in [6.07, 6.45) is 9.71. The first-order valence-electron chi connectivity index (χ1n) is 6.44. The highest BCUT2D eigenvalue weighted by molar-refractivity contribution is 7.99. The summed E-state index contributed by atoms with van der Waals surface area (Å²) in [6, 6.07) is 2.93. The SMILES string of the molecule is Cc1cc(CNC2CC2)cnc1Sc1cnccn1. The second kappa shape index (κ2) is 5.67. The topological polar surface area (TPSA) is 50.7 Å². The number of nitrogens with one attached hydrogen (secondary N) is 1. The van der Waals surface area contributed by atoms with Gasteiger partial charge in [0.25, 0.3) is 0 Å². The van der Waals surface area contributed by atoms with Gasteiger partial charge in [0.2, 0.25) is 0 Å². The minimum atomic E-state index is 0.731. The van der Waals surface area contributed by atoms with Crippen LogP contribution in [-0.4, -0.2) is 21.0 Å². The summed E-state index contributed by atoms with van der Waals surface area (Å²) in [5.41, 5.74) is 2.43. The standard InChI is InChI=1S/C14H16N4S/c1-10-6-11(7-17-12-2-3-12)8-18-14(10)19-13-9-15-4-5-16-13/h4-6,8-9,12,17H,2-3,7H2,1H3. The van der Waals surface area contributed by atoms with E-state index in [-0.39, 0.29) is 0 Å². The molecule has 0 amide bonds. The van der Waals surface area contributed by atoms with E-state index in [4.69, 9.17) is 0 Å². The summed E-state index contributed by atoms with van der Waals surface area (Å²) < 4.78 is 0. The first-order chi connectivity index (χ1) is 9.31. The average Bonchev–Trinajstić information content (AvgIpc) is 3.25. The Labute approximate surface area is 117 Å². The summed E-state index contributed by atoms with van der Waals surface area (Å²) in [4.78, 5) is 12.8. The van der Waals surface area contributed by atoms with Crippen molar-refractivity contribution in [3.8, 4) is 0 Å². The minimum absolute atomic E-state index is 0.731. The van der Waals surface area contributed by atoms with E-state index >= 15 is 0 Å². The highest BCUT2D eigenvalue weighted by Gasteiger charge is 2.20. The molecule has 0 atom stereocenters. The van der Waals surface area contributed by atoms with Crippen LogP contribution in [0.15, 0.2) is 40.9 Å². The number of aromatic nitrogens is 3. The normalized spacial score (nSPS) is 14.6. The predicted octanol–water partition coefficient (Wildman–Crippen LogP) is 2.58. The van der Waals surface area contributed by atoms with Crippen LogP contribution in [0.5, 0.6) is 0 Å². The Hall–Kier alpha value is -1.46. The molecule has 0 saturated heterocycles. The Balaban J connectivity index is 1.68. The van der Waals surface area contributed by atoms with Gasteiger partial charge in [-0.25, -0.2) is 9.97 Å². The number of rotatable bonds is 5. The second-order valence-corrected chi connectivity index (χ2v) is 5.78. The molecule has 2 heterocycles. The van der Waals surface area contributed by atoms with E-state index in [0.29, 0.717) is 0 Å². The first-order valence-corrected chi connectivity index (χ1v) is 7.26. The zero-order valence-electron chi connectivity index (χ0n) is 10.8. The van der Waals surface area contributed by atoms with Gasteiger partial charge in [-0.15, -0.1) is 0 Å². The zero-order chi connectivity index (χ0) is 13.1. The van der Waals surface area contributed by atoms with Crippen molar-refractivity contribution >= 4 is 11.8 Å². The van der Waals surface area contributed by atoms with Crippen molar-refractivity contribution in [3.05, 3.63) is 42.0 Å². The van der Waals surface area contributed by atoms with Crippen LogP contribution in [0, 0.1) is 6.92 Å². The van der Waals surface area contributed by atoms with Crippen molar-refractivity contribution in [3.63, 3.8) is 0 Å². The largest absolute Gasteiger partial charge is 0.310 e. The molecule has 4 nitrogen and oxygen atoms in total. The Morgan fingerprint density at radius 2 is 2.16 bits per heavy atom. The number of hydrogen-bond donors (Lipinski definition) is 1. The number of aryl methyl sites for hydroxylation is 1. The Bertz CT molecular complexity index is 555. The van der Waals surface area contributed by atoms with Gasteiger partial charge in [-0.2, -0.15) is 0 Å². The van der Waals surface area contributed by atoms with Crippen molar-refractivity contribution in [2.45, 2.75) is 42.4 Å². The molecule has 1 aliphatic rings. The lowest BCUT2D eigenvalue weighted by atomic mass is 10.2. The maximum atomic E-state index is 4.53. The molecule has 2 aromatic rings. The number of nitrogens with zero attached hydrogens (tertiary/aromatic N) is 3. The molecule has 0 spiro atoms. The van der Waals surface area contributed by atoms with Gasteiger partial charge in [-0.05, 0) is 42.7 Å². The van der Waals surface area contributed by atoms with Crippen molar-refractivity contribution < 1.29 is 0 Å². The molecule has 1 saturated carbocycles. The molecule has 3 rings (SSSR count). The van der Waals surface area contributed by atoms with Crippen molar-refractivity contribution in [2.24, 2.45) is 0 Å². The van der Waals surface area contributed by atoms with Gasteiger partial charge in [0, 0.05) is 31.2 Å². The molecular weight excluding hydrogens is 256 g/mol. The van der Waals surface area contributed by atoms with E-state index in [1.165, 1.54) is 24.0 Å². The zero-order valence-corrected chi connectivity index (χ0v) is 11.7. The van der Waals surface area contributed by atoms with Gasteiger partial charge in [-0.3, -0.25) is 4.98 Å². The molecule has 98 valence electrons. The van der Waals surface area contributed by atoms with E-state index in [9.17, 15) is 0 Å². The van der Waals surface area contributed by atoms with Crippen LogP contribution in [0.25, 0.3) is 0 Å². The molecule has 2 aromatic heterocycles. The number of hydrogen-bond acceptors (Lipinski definition) is 5. The molecule has 0 unspecified atom stereocenters. The monoisotopic (exact) mass is 272 g/mol. The quantitative estimate of drug-likeness (QED) is 0.906. The Morgan fingerprint density at radius 3 is 2.84 bits per heavy atom. The smallest absolute Gasteiger partial charge is 0.121 e. The minimum Gasteiger partial charge on any atom is -0.310 e. The summed E-state index contributed by atoms with van der Waals surface area (Å²) in [5.74, 6) is 0. The fourth-order valence-electron chi connectivity index (χ4n) is 1.81. The van der Waals surface area contributed by atoms with E-state index in [2.05, 4.69) is 33.3 Å². The van der Waals surface area contributed by atoms with Crippen LogP contribution in [0.3, 0.4) is 0 Å². The molecule has 0 aliphatic heterocycles. The maximum Gasteiger partial charge on any atom is 0.121 e. The molecule has 0 aromatic carbocycles. The van der Waals surface area contributed by atoms with Crippen LogP contribution in [0.2, 0.25) is 0 Å². The summed E-state index contributed by atoms with van der Waals surface area (Å²) in [5, 5.41) is 5.37. The Morgan fingerprint density at radius 1 is 1.26 bits per heavy atom. The lowest BCUT2D eigenvalue weighted by molar-refractivity contribution is 0.684. The molecule has 19 heavy (non-hydrogen) atoms. The third kappa shape index (κ3) is 3.52. The summed E-state index contributed by atoms with van der Waals surface area (Å²) >= 11 is 1.55. The van der Waals surface area contributed by atoms with Gasteiger partial charge in [0.15, 0.2) is 0 Å². The molecule has 5 heteroatoms. The highest BCUT2D eigenvalue weighted by atomic mass is 32.2. The molecular formula is C14H16N4S. The van der Waals surface area contributed by atoms with Crippen LogP contribution < -0.4 is 5.32 Å². The van der Waals surface area contributed by atoms with Gasteiger partial charge < -0.3 is 5.32 Å². The fourth-order valence-corrected chi connectivity index (χ4v) is 2.56. The maximum absolute atomic E-state index is 4.53. The van der Waals surface area contributed by atoms with Gasteiger partial charge in [-0.1, -0.05) is 6.07 Å². The molecule has 1 N–H and O–H groups in total. The van der Waals surface area contributed by atoms with Gasteiger partial charge in [0.05, 0.1) is 6.20 Å². The number of pyridine rings is 1. The average molecular weight is 272 g/mol. The lowest BCUT2D eigenvalue weighted by Gasteiger charge is -2.07. The third-order valence-corrected chi connectivity index (χ3v) is 4.04. The highest BCUT2D eigenvalue weighted by Crippen LogP contribution is 2.26.